The zero-order valence-electron chi connectivity index (χ0n) is 26.6. The number of piperazine rings is 1. The van der Waals surface area contributed by atoms with E-state index < -0.39 is 0 Å². The van der Waals surface area contributed by atoms with Crippen molar-refractivity contribution in [3.63, 3.8) is 0 Å². The molecule has 2 N–H and O–H groups in total. The number of nitroso groups, excluding NO2 is 1. The first-order valence-corrected chi connectivity index (χ1v) is 16.3. The second-order valence-electron chi connectivity index (χ2n) is 11.6. The lowest BCUT2D eigenvalue weighted by Gasteiger charge is -2.37. The molecular weight excluding hydrogens is 611 g/mol. The molecule has 240 valence electrons. The summed E-state index contributed by atoms with van der Waals surface area (Å²) in [7, 11) is 1.96. The molecule has 0 saturated carbocycles. The summed E-state index contributed by atoms with van der Waals surface area (Å²) >= 11 is 1.35. The number of hydrogen-bond acceptors (Lipinski definition) is 9. The van der Waals surface area contributed by atoms with Crippen molar-refractivity contribution in [1.29, 1.82) is 0 Å². The van der Waals surface area contributed by atoms with Crippen molar-refractivity contribution in [3.8, 4) is 11.1 Å². The summed E-state index contributed by atoms with van der Waals surface area (Å²) < 4.78 is 5.13. The van der Waals surface area contributed by atoms with Crippen LogP contribution in [0, 0.1) is 28.9 Å². The summed E-state index contributed by atoms with van der Waals surface area (Å²) in [4.78, 5) is 28.8. The van der Waals surface area contributed by atoms with Crippen LogP contribution < -0.4 is 19.8 Å². The molecule has 1 aromatic heterocycles. The third-order valence-corrected chi connectivity index (χ3v) is 9.66. The molecule has 4 aromatic carbocycles. The molecule has 0 radical (unpaired) electrons. The molecule has 0 amide bonds. The van der Waals surface area contributed by atoms with Gasteiger partial charge in [0.25, 0.3) is 5.69 Å². The molecule has 1 aliphatic heterocycles. The summed E-state index contributed by atoms with van der Waals surface area (Å²) in [6, 6.07) is 31.7. The second kappa shape index (κ2) is 14.0. The number of nitrogens with zero attached hydrogens (tertiary/aromatic N) is 5. The van der Waals surface area contributed by atoms with Crippen LogP contribution in [0.25, 0.3) is 11.1 Å². The molecule has 6 rings (SSSR count). The van der Waals surface area contributed by atoms with Crippen molar-refractivity contribution in [3.05, 3.63) is 129 Å². The lowest BCUT2D eigenvalue weighted by atomic mass is 10.0. The van der Waals surface area contributed by atoms with E-state index in [0.717, 1.165) is 76.2 Å². The number of hydrogen-bond donors (Lipinski definition) is 2. The molecule has 10 nitrogen and oxygen atoms in total. The van der Waals surface area contributed by atoms with Gasteiger partial charge in [-0.05, 0) is 96.7 Å². The number of anilines is 4. The molecule has 5 aromatic rings. The van der Waals surface area contributed by atoms with E-state index in [-0.39, 0.29) is 10.6 Å². The Morgan fingerprint density at radius 1 is 0.830 bits per heavy atom. The molecule has 0 aliphatic carbocycles. The Bertz CT molecular complexity index is 1890. The maximum absolute atomic E-state index is 11.8. The Labute approximate surface area is 278 Å². The van der Waals surface area contributed by atoms with Crippen LogP contribution >= 0.6 is 11.9 Å². The van der Waals surface area contributed by atoms with E-state index in [9.17, 15) is 15.0 Å². The average Bonchev–Trinajstić information content (AvgIpc) is 3.33. The van der Waals surface area contributed by atoms with Gasteiger partial charge < -0.3 is 24.4 Å². The topological polar surface area (TPSA) is 108 Å². The fourth-order valence-corrected chi connectivity index (χ4v) is 6.68. The summed E-state index contributed by atoms with van der Waals surface area (Å²) in [5.74, 6) is 0. The number of rotatable bonds is 11. The van der Waals surface area contributed by atoms with Crippen LogP contribution in [0.4, 0.5) is 34.1 Å². The molecule has 0 bridgehead atoms. The molecule has 1 fully saturated rings. The third kappa shape index (κ3) is 6.95. The summed E-state index contributed by atoms with van der Waals surface area (Å²) in [5, 5.41) is 18.5. The molecule has 1 saturated heterocycles. The Balaban J connectivity index is 1.04. The average molecular weight is 648 g/mol. The lowest BCUT2D eigenvalue weighted by molar-refractivity contribution is -0.383. The summed E-state index contributed by atoms with van der Waals surface area (Å²) in [5.41, 5.74) is 8.90. The SMILES string of the molecule is Cc1c(N=O)c(-c2cccc(N3CCN(c4ccc(NCc5ccc(NSc6ccccc6)c([N+](=O)[O-])c5)cc4)CC3)c2)c(C)n1C. The smallest absolute Gasteiger partial charge is 0.293 e. The van der Waals surface area contributed by atoms with Crippen LogP contribution in [0.2, 0.25) is 0 Å². The molecule has 11 heteroatoms. The minimum Gasteiger partial charge on any atom is -0.381 e. The maximum Gasteiger partial charge on any atom is 0.293 e. The maximum atomic E-state index is 11.8. The van der Waals surface area contributed by atoms with E-state index in [1.54, 1.807) is 12.1 Å². The van der Waals surface area contributed by atoms with Crippen LogP contribution in [0.1, 0.15) is 17.0 Å². The monoisotopic (exact) mass is 647 g/mol. The van der Waals surface area contributed by atoms with Gasteiger partial charge in [-0.15, -0.1) is 4.91 Å². The zero-order chi connectivity index (χ0) is 32.9. The molecule has 0 unspecified atom stereocenters. The number of nitro groups is 1. The largest absolute Gasteiger partial charge is 0.381 e. The Hall–Kier alpha value is -5.29. The first-order valence-electron chi connectivity index (χ1n) is 15.5. The van der Waals surface area contributed by atoms with Gasteiger partial charge in [-0.3, -0.25) is 10.1 Å². The normalized spacial score (nSPS) is 13.0. The fraction of sp³-hybridized carbons (Fsp3) is 0.222. The van der Waals surface area contributed by atoms with Gasteiger partial charge in [-0.25, -0.2) is 0 Å². The molecule has 1 aliphatic rings. The van der Waals surface area contributed by atoms with Gasteiger partial charge in [0.05, 0.1) is 4.92 Å². The van der Waals surface area contributed by atoms with Crippen LogP contribution in [0.5, 0.6) is 0 Å². The zero-order valence-corrected chi connectivity index (χ0v) is 27.5. The van der Waals surface area contributed by atoms with Crippen LogP contribution in [0.3, 0.4) is 0 Å². The van der Waals surface area contributed by atoms with Crippen LogP contribution in [0.15, 0.2) is 107 Å². The predicted octanol–water partition coefficient (Wildman–Crippen LogP) is 8.67. The highest BCUT2D eigenvalue weighted by molar-refractivity contribution is 8.00. The van der Waals surface area contributed by atoms with Crippen molar-refractivity contribution in [2.24, 2.45) is 12.2 Å². The number of nitro benzene ring substituents is 1. The third-order valence-electron chi connectivity index (χ3n) is 8.83. The molecule has 2 heterocycles. The van der Waals surface area contributed by atoms with Crippen molar-refractivity contribution >= 4 is 46.1 Å². The first-order chi connectivity index (χ1) is 22.8. The number of benzene rings is 4. The van der Waals surface area contributed by atoms with Gasteiger partial charge in [0.2, 0.25) is 0 Å². The lowest BCUT2D eigenvalue weighted by Crippen LogP contribution is -2.46. The van der Waals surface area contributed by atoms with E-state index in [0.29, 0.717) is 17.9 Å². The van der Waals surface area contributed by atoms with Gasteiger partial charge in [0, 0.05) is 84.7 Å². The quantitative estimate of drug-likeness (QED) is 0.0635. The van der Waals surface area contributed by atoms with Gasteiger partial charge >= 0.3 is 0 Å². The predicted molar refractivity (Wildman–Crippen MR) is 193 cm³/mol. The van der Waals surface area contributed by atoms with E-state index in [1.807, 2.05) is 74.0 Å². The van der Waals surface area contributed by atoms with Crippen molar-refractivity contribution in [2.75, 3.05) is 46.0 Å². The fourth-order valence-electron chi connectivity index (χ4n) is 5.99. The summed E-state index contributed by atoms with van der Waals surface area (Å²) in [6.07, 6.45) is 0. The highest BCUT2D eigenvalue weighted by Crippen LogP contribution is 2.39. The van der Waals surface area contributed by atoms with Crippen molar-refractivity contribution in [2.45, 2.75) is 25.3 Å². The first kappa shape index (κ1) is 31.7. The summed E-state index contributed by atoms with van der Waals surface area (Å²) in [6.45, 7) is 7.94. The Morgan fingerprint density at radius 3 is 2.21 bits per heavy atom. The molecule has 47 heavy (non-hydrogen) atoms. The highest BCUT2D eigenvalue weighted by atomic mass is 32.2. The Morgan fingerprint density at radius 2 is 1.53 bits per heavy atom. The number of nitrogens with one attached hydrogen (secondary N) is 2. The van der Waals surface area contributed by atoms with E-state index in [4.69, 9.17) is 0 Å². The van der Waals surface area contributed by atoms with E-state index in [2.05, 4.69) is 61.4 Å². The van der Waals surface area contributed by atoms with Crippen molar-refractivity contribution < 1.29 is 4.92 Å². The molecular formula is C36H37N7O3S. The van der Waals surface area contributed by atoms with E-state index in [1.165, 1.54) is 11.9 Å². The van der Waals surface area contributed by atoms with E-state index >= 15 is 0 Å². The number of aromatic nitrogens is 1. The van der Waals surface area contributed by atoms with Gasteiger partial charge in [0.1, 0.15) is 11.4 Å². The molecule has 0 atom stereocenters. The van der Waals surface area contributed by atoms with Gasteiger partial charge in [-0.1, -0.05) is 36.4 Å². The van der Waals surface area contributed by atoms with Gasteiger partial charge in [0.15, 0.2) is 0 Å². The standard InChI is InChI=1S/C36H37N7O3S/c1-25-35(36(38-44)26(2)40(25)3)28-8-7-9-31(23-28)42-20-18-41(19-21-42)30-15-13-29(14-16-30)37-24-27-12-17-33(34(22-27)43(45)46)39-47-32-10-5-4-6-11-32/h4-17,22-23,37,39H,18-21,24H2,1-3H3. The van der Waals surface area contributed by atoms with Crippen LogP contribution in [-0.4, -0.2) is 35.7 Å². The van der Waals surface area contributed by atoms with Gasteiger partial charge in [-0.2, -0.15) is 0 Å². The minimum atomic E-state index is -0.353. The highest BCUT2D eigenvalue weighted by Gasteiger charge is 2.21. The van der Waals surface area contributed by atoms with Crippen molar-refractivity contribution in [1.82, 2.24) is 4.57 Å². The Kier molecular flexibility index (Phi) is 9.44. The molecule has 0 spiro atoms. The van der Waals surface area contributed by atoms with Crippen LogP contribution in [-0.2, 0) is 13.6 Å². The minimum absolute atomic E-state index is 0.0435. The second-order valence-corrected chi connectivity index (χ2v) is 12.5.